The lowest BCUT2D eigenvalue weighted by Crippen LogP contribution is -2.24. The van der Waals surface area contributed by atoms with Crippen molar-refractivity contribution in [2.45, 2.75) is 36.4 Å². The fourth-order valence-electron chi connectivity index (χ4n) is 2.88. The van der Waals surface area contributed by atoms with E-state index in [1.807, 2.05) is 12.1 Å². The minimum Gasteiger partial charge on any atom is -0.370 e. The van der Waals surface area contributed by atoms with Crippen LogP contribution in [-0.4, -0.2) is 20.6 Å². The van der Waals surface area contributed by atoms with Crippen LogP contribution in [0, 0.1) is 0 Å². The standard InChI is InChI=1S/C17H21N3O2S2/c1-24(21,22)16-10-9-13(23-16)11-19-17(18)20-15-8-4-6-12-5-2-3-7-14(12)15/h4,6,8-10H,2-3,5,7,11H2,1H3,(H3,18,19,20). The lowest BCUT2D eigenvalue weighted by molar-refractivity contribution is 0.604. The molecule has 0 bridgehead atoms. The molecule has 1 aliphatic rings. The number of benzene rings is 1. The first-order valence-corrected chi connectivity index (χ1v) is 10.6. The van der Waals surface area contributed by atoms with Gasteiger partial charge in [0.15, 0.2) is 15.8 Å². The number of nitrogens with two attached hydrogens (primary N) is 1. The first kappa shape index (κ1) is 17.0. The van der Waals surface area contributed by atoms with Crippen LogP contribution in [0.3, 0.4) is 0 Å². The van der Waals surface area contributed by atoms with Gasteiger partial charge in [0.25, 0.3) is 0 Å². The Morgan fingerprint density at radius 3 is 2.79 bits per heavy atom. The fraction of sp³-hybridized carbons (Fsp3) is 0.353. The van der Waals surface area contributed by atoms with Gasteiger partial charge in [0.1, 0.15) is 4.21 Å². The van der Waals surface area contributed by atoms with Crippen LogP contribution >= 0.6 is 11.3 Å². The minimum atomic E-state index is -3.16. The summed E-state index contributed by atoms with van der Waals surface area (Å²) in [6.45, 7) is 0.369. The molecule has 1 heterocycles. The Hall–Kier alpha value is -1.86. The molecule has 0 amide bonds. The Balaban J connectivity index is 1.70. The number of aryl methyl sites for hydroxylation is 1. The van der Waals surface area contributed by atoms with Crippen molar-refractivity contribution in [1.82, 2.24) is 0 Å². The van der Waals surface area contributed by atoms with Crippen molar-refractivity contribution in [2.24, 2.45) is 10.7 Å². The van der Waals surface area contributed by atoms with Crippen molar-refractivity contribution in [3.05, 3.63) is 46.3 Å². The Morgan fingerprint density at radius 2 is 2.04 bits per heavy atom. The van der Waals surface area contributed by atoms with Crippen molar-refractivity contribution < 1.29 is 8.42 Å². The van der Waals surface area contributed by atoms with Gasteiger partial charge in [-0.2, -0.15) is 0 Å². The third-order valence-corrected chi connectivity index (χ3v) is 6.96. The van der Waals surface area contributed by atoms with Crippen LogP contribution in [0.1, 0.15) is 28.8 Å². The predicted octanol–water partition coefficient (Wildman–Crippen LogP) is 2.96. The highest BCUT2D eigenvalue weighted by atomic mass is 32.2. The number of anilines is 1. The number of thiophene rings is 1. The summed E-state index contributed by atoms with van der Waals surface area (Å²) in [4.78, 5) is 5.20. The van der Waals surface area contributed by atoms with E-state index in [1.54, 1.807) is 12.1 Å². The summed E-state index contributed by atoms with van der Waals surface area (Å²) in [7, 11) is -3.16. The van der Waals surface area contributed by atoms with E-state index in [2.05, 4.69) is 16.4 Å². The Labute approximate surface area is 146 Å². The van der Waals surface area contributed by atoms with Gasteiger partial charge in [-0.3, -0.25) is 0 Å². The summed E-state index contributed by atoms with van der Waals surface area (Å²) in [5.41, 5.74) is 9.74. The van der Waals surface area contributed by atoms with Gasteiger partial charge in [0.2, 0.25) is 0 Å². The van der Waals surface area contributed by atoms with E-state index in [-0.39, 0.29) is 0 Å². The molecule has 3 N–H and O–H groups in total. The Bertz CT molecular complexity index is 870. The molecule has 1 aromatic heterocycles. The van der Waals surface area contributed by atoms with Crippen molar-refractivity contribution in [3.8, 4) is 0 Å². The van der Waals surface area contributed by atoms with Gasteiger partial charge >= 0.3 is 0 Å². The molecule has 0 aliphatic heterocycles. The molecule has 2 aromatic rings. The number of fused-ring (bicyclic) bond motifs is 1. The number of rotatable bonds is 4. The van der Waals surface area contributed by atoms with E-state index in [0.717, 1.165) is 23.4 Å². The van der Waals surface area contributed by atoms with Crippen molar-refractivity contribution in [3.63, 3.8) is 0 Å². The highest BCUT2D eigenvalue weighted by Crippen LogP contribution is 2.27. The minimum absolute atomic E-state index is 0.350. The molecule has 128 valence electrons. The zero-order valence-corrected chi connectivity index (χ0v) is 15.2. The fourth-order valence-corrected chi connectivity index (χ4v) is 4.78. The SMILES string of the molecule is CS(=O)(=O)c1ccc(CN=C(N)Nc2cccc3c2CCCC3)s1. The molecule has 5 nitrogen and oxygen atoms in total. The number of sulfone groups is 1. The van der Waals surface area contributed by atoms with Crippen LogP contribution in [0.4, 0.5) is 5.69 Å². The van der Waals surface area contributed by atoms with E-state index in [4.69, 9.17) is 5.73 Å². The monoisotopic (exact) mass is 363 g/mol. The van der Waals surface area contributed by atoms with Crippen LogP contribution < -0.4 is 11.1 Å². The first-order chi connectivity index (χ1) is 11.4. The average molecular weight is 364 g/mol. The third kappa shape index (κ3) is 3.96. The maximum atomic E-state index is 11.5. The van der Waals surface area contributed by atoms with Gasteiger partial charge in [-0.1, -0.05) is 12.1 Å². The summed E-state index contributed by atoms with van der Waals surface area (Å²) >= 11 is 1.23. The molecule has 0 spiro atoms. The topological polar surface area (TPSA) is 84.5 Å². The molecule has 1 aliphatic carbocycles. The smallest absolute Gasteiger partial charge is 0.193 e. The van der Waals surface area contributed by atoms with Crippen LogP contribution in [0.15, 0.2) is 39.5 Å². The lowest BCUT2D eigenvalue weighted by atomic mass is 9.90. The van der Waals surface area contributed by atoms with Crippen LogP contribution in [-0.2, 0) is 29.2 Å². The average Bonchev–Trinajstić information content (AvgIpc) is 3.03. The highest BCUT2D eigenvalue weighted by molar-refractivity contribution is 7.92. The molecular formula is C17H21N3O2S2. The maximum absolute atomic E-state index is 11.5. The molecule has 7 heteroatoms. The summed E-state index contributed by atoms with van der Waals surface area (Å²) in [5, 5.41) is 3.19. The van der Waals surface area contributed by atoms with E-state index < -0.39 is 9.84 Å². The molecule has 0 radical (unpaired) electrons. The summed E-state index contributed by atoms with van der Waals surface area (Å²) in [6.07, 6.45) is 5.83. The normalized spacial score (nSPS) is 15.1. The van der Waals surface area contributed by atoms with Gasteiger partial charge in [-0.15, -0.1) is 11.3 Å². The second kappa shape index (κ2) is 6.94. The molecule has 0 atom stereocenters. The summed E-state index contributed by atoms with van der Waals surface area (Å²) < 4.78 is 23.4. The molecule has 1 aromatic carbocycles. The van der Waals surface area contributed by atoms with Crippen LogP contribution in [0.25, 0.3) is 0 Å². The van der Waals surface area contributed by atoms with Crippen molar-refractivity contribution >= 4 is 32.8 Å². The Morgan fingerprint density at radius 1 is 1.25 bits per heavy atom. The van der Waals surface area contributed by atoms with E-state index in [9.17, 15) is 8.42 Å². The van der Waals surface area contributed by atoms with Gasteiger partial charge in [0.05, 0.1) is 6.54 Å². The van der Waals surface area contributed by atoms with Crippen LogP contribution in [0.2, 0.25) is 0 Å². The number of hydrogen-bond acceptors (Lipinski definition) is 4. The van der Waals surface area contributed by atoms with Crippen molar-refractivity contribution in [2.75, 3.05) is 11.6 Å². The number of aliphatic imine (C=N–C) groups is 1. The molecule has 3 rings (SSSR count). The molecule has 0 fully saturated rings. The molecule has 24 heavy (non-hydrogen) atoms. The lowest BCUT2D eigenvalue weighted by Gasteiger charge is -2.19. The molecule has 0 saturated heterocycles. The Kier molecular flexibility index (Phi) is 4.91. The van der Waals surface area contributed by atoms with E-state index >= 15 is 0 Å². The highest BCUT2D eigenvalue weighted by Gasteiger charge is 2.13. The van der Waals surface area contributed by atoms with Gasteiger partial charge in [0, 0.05) is 16.8 Å². The van der Waals surface area contributed by atoms with E-state index in [0.29, 0.717) is 16.7 Å². The summed E-state index contributed by atoms with van der Waals surface area (Å²) in [5.74, 6) is 0.350. The maximum Gasteiger partial charge on any atom is 0.193 e. The van der Waals surface area contributed by atoms with Crippen LogP contribution in [0.5, 0.6) is 0 Å². The van der Waals surface area contributed by atoms with Gasteiger partial charge < -0.3 is 11.1 Å². The second-order valence-electron chi connectivity index (χ2n) is 5.97. The van der Waals surface area contributed by atoms with E-state index in [1.165, 1.54) is 41.6 Å². The zero-order chi connectivity index (χ0) is 17.2. The van der Waals surface area contributed by atoms with Gasteiger partial charge in [-0.25, -0.2) is 13.4 Å². The largest absolute Gasteiger partial charge is 0.370 e. The quantitative estimate of drug-likeness (QED) is 0.646. The number of nitrogens with one attached hydrogen (secondary N) is 1. The number of guanidine groups is 1. The number of hydrogen-bond donors (Lipinski definition) is 2. The predicted molar refractivity (Wildman–Crippen MR) is 99.5 cm³/mol. The zero-order valence-electron chi connectivity index (χ0n) is 13.6. The molecule has 0 saturated carbocycles. The summed E-state index contributed by atoms with van der Waals surface area (Å²) in [6, 6.07) is 9.63. The second-order valence-corrected chi connectivity index (χ2v) is 9.38. The molecular weight excluding hydrogens is 342 g/mol. The van der Waals surface area contributed by atoms with Gasteiger partial charge in [-0.05, 0) is 55.0 Å². The molecule has 0 unspecified atom stereocenters. The third-order valence-electron chi connectivity index (χ3n) is 4.07. The van der Waals surface area contributed by atoms with Crippen molar-refractivity contribution in [1.29, 1.82) is 0 Å². The first-order valence-electron chi connectivity index (χ1n) is 7.90. The number of nitrogens with zero attached hydrogens (tertiary/aromatic N) is 1.